The molecule has 0 saturated heterocycles. The van der Waals surface area contributed by atoms with Crippen molar-refractivity contribution < 1.29 is 27.9 Å². The van der Waals surface area contributed by atoms with Crippen LogP contribution in [0.1, 0.15) is 18.7 Å². The maximum atomic E-state index is 12.0. The zero-order valence-electron chi connectivity index (χ0n) is 14.8. The number of hydrogen-bond donors (Lipinski definition) is 2. The number of carbonyl (C=O) groups is 2. The summed E-state index contributed by atoms with van der Waals surface area (Å²) in [5, 5.41) is 14.1. The molecule has 3 aromatic rings. The second-order valence-corrected chi connectivity index (χ2v) is 5.70. The molecule has 0 saturated carbocycles. The van der Waals surface area contributed by atoms with Crippen molar-refractivity contribution in [2.75, 3.05) is 6.54 Å². The van der Waals surface area contributed by atoms with Crippen molar-refractivity contribution in [1.82, 2.24) is 24.5 Å². The third kappa shape index (κ3) is 5.83. The Hall–Kier alpha value is -3.37. The molecule has 0 bridgehead atoms. The molecule has 0 aliphatic heterocycles. The number of pyridine rings is 1. The number of imidazole rings is 1. The molecule has 0 aromatic carbocycles. The first-order chi connectivity index (χ1) is 13.2. The summed E-state index contributed by atoms with van der Waals surface area (Å²) in [6.45, 7) is 2.39. The van der Waals surface area contributed by atoms with Crippen molar-refractivity contribution in [3.8, 4) is 0 Å². The van der Waals surface area contributed by atoms with Crippen LogP contribution < -0.4 is 5.32 Å². The lowest BCUT2D eigenvalue weighted by Gasteiger charge is -2.12. The van der Waals surface area contributed by atoms with Crippen molar-refractivity contribution in [2.45, 2.75) is 25.6 Å². The minimum Gasteiger partial charge on any atom is -0.475 e. The van der Waals surface area contributed by atoms with Crippen LogP contribution >= 0.6 is 0 Å². The maximum absolute atomic E-state index is 12.0. The Balaban J connectivity index is 0.000000345. The minimum absolute atomic E-state index is 0.0394. The first-order valence-corrected chi connectivity index (χ1v) is 8.18. The van der Waals surface area contributed by atoms with Gasteiger partial charge in [-0.2, -0.15) is 18.3 Å². The minimum atomic E-state index is -5.08. The molecular weight excluding hydrogens is 379 g/mol. The second kappa shape index (κ2) is 9.02. The molecule has 150 valence electrons. The number of carboxylic acids is 1. The molecule has 3 heterocycles. The lowest BCUT2D eigenvalue weighted by molar-refractivity contribution is -0.192. The number of hydrogen-bond acceptors (Lipinski definition) is 4. The Morgan fingerprint density at radius 1 is 1.25 bits per heavy atom. The molecular formula is C17H18F3N5O3. The first kappa shape index (κ1) is 20.9. The van der Waals surface area contributed by atoms with Crippen LogP contribution in [0, 0.1) is 0 Å². The van der Waals surface area contributed by atoms with Gasteiger partial charge in [-0.15, -0.1) is 0 Å². The third-order valence-electron chi connectivity index (χ3n) is 3.64. The molecule has 3 rings (SSSR count). The summed E-state index contributed by atoms with van der Waals surface area (Å²) in [6.07, 6.45) is 3.02. The number of nitrogens with zero attached hydrogens (tertiary/aromatic N) is 4. The highest BCUT2D eigenvalue weighted by Gasteiger charge is 2.38. The van der Waals surface area contributed by atoms with E-state index in [2.05, 4.69) is 15.4 Å². The number of halogens is 3. The van der Waals surface area contributed by atoms with Gasteiger partial charge >= 0.3 is 12.1 Å². The fourth-order valence-corrected chi connectivity index (χ4v) is 2.20. The van der Waals surface area contributed by atoms with E-state index in [0.717, 1.165) is 11.3 Å². The SMILES string of the molecule is CC(C(=O)NCCc1cn2ccccc2n1)n1cccn1.O=C(O)C(F)(F)F. The predicted octanol–water partition coefficient (Wildman–Crippen LogP) is 2.08. The van der Waals surface area contributed by atoms with Gasteiger partial charge in [0, 0.05) is 37.8 Å². The first-order valence-electron chi connectivity index (χ1n) is 8.18. The van der Waals surface area contributed by atoms with Crippen LogP contribution in [0.15, 0.2) is 49.1 Å². The molecule has 8 nitrogen and oxygen atoms in total. The summed E-state index contributed by atoms with van der Waals surface area (Å²) in [4.78, 5) is 25.4. The number of carbonyl (C=O) groups excluding carboxylic acids is 1. The number of nitrogens with one attached hydrogen (secondary N) is 1. The number of aromatic nitrogens is 4. The Bertz CT molecular complexity index is 889. The fourth-order valence-electron chi connectivity index (χ4n) is 2.20. The summed E-state index contributed by atoms with van der Waals surface area (Å²) in [5.74, 6) is -2.80. The van der Waals surface area contributed by atoms with Crippen LogP contribution in [0.2, 0.25) is 0 Å². The standard InChI is InChI=1S/C15H17N5O.C2HF3O2/c1-12(20-10-4-7-17-20)15(21)16-8-6-13-11-19-9-3-2-5-14(19)18-13;3-2(4,5)1(6)7/h2-5,7,9-12H,6,8H2,1H3,(H,16,21);(H,6,7). The summed E-state index contributed by atoms with van der Waals surface area (Å²) in [7, 11) is 0. The van der Waals surface area contributed by atoms with E-state index < -0.39 is 12.1 Å². The molecule has 11 heteroatoms. The molecule has 1 atom stereocenters. The Kier molecular flexibility index (Phi) is 6.74. The van der Waals surface area contributed by atoms with Crippen molar-refractivity contribution in [3.63, 3.8) is 0 Å². The second-order valence-electron chi connectivity index (χ2n) is 5.70. The number of rotatable bonds is 5. The zero-order valence-corrected chi connectivity index (χ0v) is 14.8. The molecule has 0 fully saturated rings. The summed E-state index contributed by atoms with van der Waals surface area (Å²) in [6, 6.07) is 7.38. The average Bonchev–Trinajstić information content (AvgIpc) is 3.30. The number of alkyl halides is 3. The van der Waals surface area contributed by atoms with Gasteiger partial charge in [0.15, 0.2) is 0 Å². The molecule has 0 aliphatic carbocycles. The third-order valence-corrected chi connectivity index (χ3v) is 3.64. The van der Waals surface area contributed by atoms with Gasteiger partial charge in [-0.3, -0.25) is 9.48 Å². The molecule has 1 amide bonds. The maximum Gasteiger partial charge on any atom is 0.490 e. The van der Waals surface area contributed by atoms with Crippen molar-refractivity contribution in [2.24, 2.45) is 0 Å². The molecule has 1 unspecified atom stereocenters. The van der Waals surface area contributed by atoms with Gasteiger partial charge in [0.05, 0.1) is 5.69 Å². The Morgan fingerprint density at radius 3 is 2.54 bits per heavy atom. The van der Waals surface area contributed by atoms with Gasteiger partial charge in [-0.05, 0) is 25.1 Å². The van der Waals surface area contributed by atoms with E-state index in [1.807, 2.05) is 41.9 Å². The number of amides is 1. The highest BCUT2D eigenvalue weighted by Crippen LogP contribution is 2.13. The van der Waals surface area contributed by atoms with E-state index in [9.17, 15) is 18.0 Å². The van der Waals surface area contributed by atoms with Crippen LogP contribution in [0.4, 0.5) is 13.2 Å². The predicted molar refractivity (Wildman–Crippen MR) is 92.5 cm³/mol. The van der Waals surface area contributed by atoms with Crippen LogP contribution in [-0.2, 0) is 16.0 Å². The lowest BCUT2D eigenvalue weighted by atomic mass is 10.3. The zero-order chi connectivity index (χ0) is 20.7. The van der Waals surface area contributed by atoms with E-state index >= 15 is 0 Å². The van der Waals surface area contributed by atoms with Crippen molar-refractivity contribution in [1.29, 1.82) is 0 Å². The van der Waals surface area contributed by atoms with Gasteiger partial charge in [-0.1, -0.05) is 6.07 Å². The number of fused-ring (bicyclic) bond motifs is 1. The monoisotopic (exact) mass is 397 g/mol. The normalized spacial score (nSPS) is 12.1. The molecule has 2 N–H and O–H groups in total. The van der Waals surface area contributed by atoms with Crippen molar-refractivity contribution >= 4 is 17.5 Å². The highest BCUT2D eigenvalue weighted by atomic mass is 19.4. The van der Waals surface area contributed by atoms with Gasteiger partial charge in [-0.25, -0.2) is 9.78 Å². The Labute approximate surface area is 157 Å². The van der Waals surface area contributed by atoms with E-state index in [-0.39, 0.29) is 11.9 Å². The number of aliphatic carboxylic acids is 1. The molecule has 0 aliphatic rings. The smallest absolute Gasteiger partial charge is 0.475 e. The van der Waals surface area contributed by atoms with Gasteiger partial charge in [0.1, 0.15) is 11.7 Å². The van der Waals surface area contributed by atoms with Crippen molar-refractivity contribution in [3.05, 3.63) is 54.7 Å². The van der Waals surface area contributed by atoms with Gasteiger partial charge in [0.2, 0.25) is 5.91 Å². The summed E-state index contributed by atoms with van der Waals surface area (Å²) in [5.41, 5.74) is 1.89. The fraction of sp³-hybridized carbons (Fsp3) is 0.294. The summed E-state index contributed by atoms with van der Waals surface area (Å²) >= 11 is 0. The van der Waals surface area contributed by atoms with E-state index in [4.69, 9.17) is 9.90 Å². The largest absolute Gasteiger partial charge is 0.490 e. The van der Waals surface area contributed by atoms with E-state index in [1.54, 1.807) is 23.1 Å². The Morgan fingerprint density at radius 2 is 1.96 bits per heavy atom. The molecule has 0 spiro atoms. The van der Waals surface area contributed by atoms with Crippen LogP contribution in [0.5, 0.6) is 0 Å². The molecule has 0 radical (unpaired) electrons. The van der Waals surface area contributed by atoms with E-state index in [0.29, 0.717) is 13.0 Å². The van der Waals surface area contributed by atoms with Gasteiger partial charge in [0.25, 0.3) is 0 Å². The highest BCUT2D eigenvalue weighted by molar-refractivity contribution is 5.79. The van der Waals surface area contributed by atoms with Crippen LogP contribution in [0.25, 0.3) is 5.65 Å². The molecule has 28 heavy (non-hydrogen) atoms. The average molecular weight is 397 g/mol. The topological polar surface area (TPSA) is 102 Å². The van der Waals surface area contributed by atoms with E-state index in [1.165, 1.54) is 0 Å². The quantitative estimate of drug-likeness (QED) is 0.687. The summed E-state index contributed by atoms with van der Waals surface area (Å²) < 4.78 is 35.4. The van der Waals surface area contributed by atoms with Crippen LogP contribution in [-0.4, -0.2) is 48.9 Å². The molecule has 3 aromatic heterocycles. The lowest BCUT2D eigenvalue weighted by Crippen LogP contribution is -2.32. The van der Waals surface area contributed by atoms with Crippen LogP contribution in [0.3, 0.4) is 0 Å². The van der Waals surface area contributed by atoms with Gasteiger partial charge < -0.3 is 14.8 Å². The number of carboxylic acid groups (broad SMARTS) is 1.